The van der Waals surface area contributed by atoms with Gasteiger partial charge in [-0.15, -0.1) is 0 Å². The Morgan fingerprint density at radius 1 is 1.17 bits per heavy atom. The average molecular weight is 486 g/mol. The summed E-state index contributed by atoms with van der Waals surface area (Å²) in [6, 6.07) is 17.6. The third kappa shape index (κ3) is 5.62. The van der Waals surface area contributed by atoms with Crippen molar-refractivity contribution in [2.45, 2.75) is 19.3 Å². The molecule has 1 saturated heterocycles. The van der Waals surface area contributed by atoms with Crippen molar-refractivity contribution < 1.29 is 19.8 Å². The predicted molar refractivity (Wildman–Crippen MR) is 136 cm³/mol. The van der Waals surface area contributed by atoms with E-state index >= 15 is 0 Å². The number of nitrogens with zero attached hydrogens (tertiary/aromatic N) is 3. The molecule has 1 aliphatic heterocycles. The second-order valence-electron chi connectivity index (χ2n) is 8.80. The van der Waals surface area contributed by atoms with Gasteiger partial charge in [-0.3, -0.25) is 9.59 Å². The number of aromatic hydroxyl groups is 1. The van der Waals surface area contributed by atoms with E-state index in [2.05, 4.69) is 16.4 Å². The number of benzene rings is 2. The Hall–Kier alpha value is -4.42. The highest BCUT2D eigenvalue weighted by Crippen LogP contribution is 2.35. The van der Waals surface area contributed by atoms with Crippen molar-refractivity contribution in [3.8, 4) is 34.2 Å². The van der Waals surface area contributed by atoms with Gasteiger partial charge in [-0.2, -0.15) is 5.26 Å². The lowest BCUT2D eigenvalue weighted by Gasteiger charge is -2.30. The maximum atomic E-state index is 12.6. The molecule has 5 N–H and O–H groups in total. The Morgan fingerprint density at radius 2 is 1.97 bits per heavy atom. The van der Waals surface area contributed by atoms with Crippen LogP contribution in [-0.2, 0) is 9.59 Å². The number of carbonyl (C=O) groups excluding carboxylic acids is 1. The number of piperidine rings is 1. The van der Waals surface area contributed by atoms with Crippen LogP contribution in [0.2, 0.25) is 0 Å². The van der Waals surface area contributed by atoms with Crippen LogP contribution in [0.5, 0.6) is 5.75 Å². The molecule has 0 bridgehead atoms. The van der Waals surface area contributed by atoms with Crippen molar-refractivity contribution in [1.82, 2.24) is 9.88 Å². The molecule has 2 aromatic carbocycles. The molecular formula is C27H27N5O4. The molecule has 36 heavy (non-hydrogen) atoms. The standard InChI is InChI=1S/C27H27N5O4/c28-15-22-21(14-23(31-26(22)29)20-8-1-2-9-24(20)33)17-5-3-7-19(13-17)30-25(34)10-12-32-11-4-6-18(16-32)27(35)36/h1-3,5,7-9,13-14,18,33H,4,6,10-12,16H2,(H2,29,31)(H,30,34)(H,35,36). The maximum absolute atomic E-state index is 12.6. The third-order valence-electron chi connectivity index (χ3n) is 6.31. The topological polar surface area (TPSA) is 153 Å². The summed E-state index contributed by atoms with van der Waals surface area (Å²) >= 11 is 0. The number of aliphatic carboxylic acids is 1. The molecule has 184 valence electrons. The summed E-state index contributed by atoms with van der Waals surface area (Å²) in [4.78, 5) is 30.2. The second kappa shape index (κ2) is 10.9. The van der Waals surface area contributed by atoms with E-state index in [4.69, 9.17) is 5.73 Å². The summed E-state index contributed by atoms with van der Waals surface area (Å²) in [7, 11) is 0. The summed E-state index contributed by atoms with van der Waals surface area (Å²) in [5.41, 5.74) is 8.96. The van der Waals surface area contributed by atoms with E-state index in [0.717, 1.165) is 13.0 Å². The van der Waals surface area contributed by atoms with Crippen molar-refractivity contribution >= 4 is 23.4 Å². The van der Waals surface area contributed by atoms with Crippen LogP contribution in [-0.4, -0.2) is 51.6 Å². The van der Waals surface area contributed by atoms with Crippen LogP contribution in [0, 0.1) is 17.2 Å². The molecule has 2 heterocycles. The Balaban J connectivity index is 1.51. The van der Waals surface area contributed by atoms with Gasteiger partial charge in [-0.1, -0.05) is 24.3 Å². The number of hydrogen-bond donors (Lipinski definition) is 4. The lowest BCUT2D eigenvalue weighted by atomic mass is 9.97. The molecule has 1 aliphatic rings. The number of nitrogens with one attached hydrogen (secondary N) is 1. The molecule has 0 spiro atoms. The monoisotopic (exact) mass is 485 g/mol. The quantitative estimate of drug-likeness (QED) is 0.395. The van der Waals surface area contributed by atoms with Gasteiger partial charge in [-0.05, 0) is 55.3 Å². The first-order chi connectivity index (χ1) is 17.4. The summed E-state index contributed by atoms with van der Waals surface area (Å²) in [6.07, 6.45) is 1.71. The number of hydrogen-bond acceptors (Lipinski definition) is 7. The lowest BCUT2D eigenvalue weighted by molar-refractivity contribution is -0.143. The van der Waals surface area contributed by atoms with Crippen molar-refractivity contribution in [1.29, 1.82) is 5.26 Å². The Kier molecular flexibility index (Phi) is 7.47. The number of carboxylic acids is 1. The number of carboxylic acid groups (broad SMARTS) is 1. The van der Waals surface area contributed by atoms with Gasteiger partial charge < -0.3 is 26.2 Å². The highest BCUT2D eigenvalue weighted by molar-refractivity contribution is 5.92. The average Bonchev–Trinajstić information content (AvgIpc) is 2.87. The molecule has 1 amide bonds. The van der Waals surface area contributed by atoms with Crippen LogP contribution in [0.25, 0.3) is 22.4 Å². The van der Waals surface area contributed by atoms with Crippen molar-refractivity contribution in [2.24, 2.45) is 5.92 Å². The first kappa shape index (κ1) is 24.7. The van der Waals surface area contributed by atoms with Crippen molar-refractivity contribution in [2.75, 3.05) is 30.7 Å². The zero-order chi connectivity index (χ0) is 25.7. The fourth-order valence-corrected chi connectivity index (χ4v) is 4.45. The minimum absolute atomic E-state index is 0.0453. The smallest absolute Gasteiger partial charge is 0.307 e. The van der Waals surface area contributed by atoms with Gasteiger partial charge in [0.2, 0.25) is 5.91 Å². The third-order valence-corrected chi connectivity index (χ3v) is 6.31. The fraction of sp³-hybridized carbons (Fsp3) is 0.259. The maximum Gasteiger partial charge on any atom is 0.307 e. The number of anilines is 2. The van der Waals surface area contributed by atoms with Crippen LogP contribution in [0.3, 0.4) is 0 Å². The van der Waals surface area contributed by atoms with Crippen molar-refractivity contribution in [3.63, 3.8) is 0 Å². The lowest BCUT2D eigenvalue weighted by Crippen LogP contribution is -2.40. The van der Waals surface area contributed by atoms with E-state index in [9.17, 15) is 25.1 Å². The largest absolute Gasteiger partial charge is 0.507 e. The number of likely N-dealkylation sites (tertiary alicyclic amines) is 1. The van der Waals surface area contributed by atoms with E-state index in [1.807, 2.05) is 4.90 Å². The highest BCUT2D eigenvalue weighted by Gasteiger charge is 2.25. The molecule has 1 fully saturated rings. The van der Waals surface area contributed by atoms with Crippen LogP contribution in [0.15, 0.2) is 54.6 Å². The molecular weight excluding hydrogens is 458 g/mol. The van der Waals surface area contributed by atoms with E-state index in [0.29, 0.717) is 47.6 Å². The zero-order valence-corrected chi connectivity index (χ0v) is 19.6. The Morgan fingerprint density at radius 3 is 2.72 bits per heavy atom. The van der Waals surface area contributed by atoms with Gasteiger partial charge in [0.1, 0.15) is 23.2 Å². The van der Waals surface area contributed by atoms with E-state index in [1.165, 1.54) is 0 Å². The highest BCUT2D eigenvalue weighted by atomic mass is 16.4. The van der Waals surface area contributed by atoms with Gasteiger partial charge in [0.05, 0.1) is 11.6 Å². The predicted octanol–water partition coefficient (Wildman–Crippen LogP) is 3.70. The Labute approximate surface area is 208 Å². The van der Waals surface area contributed by atoms with Gasteiger partial charge in [0.15, 0.2) is 0 Å². The van der Waals surface area contributed by atoms with Gasteiger partial charge in [0, 0.05) is 36.3 Å². The minimum Gasteiger partial charge on any atom is -0.507 e. The number of amides is 1. The molecule has 4 rings (SSSR count). The molecule has 0 radical (unpaired) electrons. The molecule has 3 aromatic rings. The van der Waals surface area contributed by atoms with E-state index in [1.54, 1.807) is 54.6 Å². The van der Waals surface area contributed by atoms with Crippen LogP contribution >= 0.6 is 0 Å². The second-order valence-corrected chi connectivity index (χ2v) is 8.80. The fourth-order valence-electron chi connectivity index (χ4n) is 4.45. The SMILES string of the molecule is N#Cc1c(-c2cccc(NC(=O)CCN3CCCC(C(=O)O)C3)c2)cc(-c2ccccc2O)nc1N. The number of rotatable bonds is 7. The number of nitrogens with two attached hydrogens (primary N) is 1. The molecule has 1 aromatic heterocycles. The Bertz CT molecular complexity index is 1330. The summed E-state index contributed by atoms with van der Waals surface area (Å²) in [6.45, 7) is 1.72. The summed E-state index contributed by atoms with van der Waals surface area (Å²) in [5.74, 6) is -1.27. The van der Waals surface area contributed by atoms with Crippen LogP contribution in [0.4, 0.5) is 11.5 Å². The minimum atomic E-state index is -0.792. The van der Waals surface area contributed by atoms with Gasteiger partial charge in [0.25, 0.3) is 0 Å². The molecule has 0 saturated carbocycles. The number of nitriles is 1. The number of phenolic OH excluding ortho intramolecular Hbond substituents is 1. The molecule has 9 heteroatoms. The first-order valence-electron chi connectivity index (χ1n) is 11.7. The number of aromatic nitrogens is 1. The first-order valence-corrected chi connectivity index (χ1v) is 11.7. The molecule has 1 unspecified atom stereocenters. The number of pyridine rings is 1. The number of nitrogen functional groups attached to an aromatic ring is 1. The molecule has 0 aliphatic carbocycles. The summed E-state index contributed by atoms with van der Waals surface area (Å²) in [5, 5.41) is 32.1. The van der Waals surface area contributed by atoms with Gasteiger partial charge >= 0.3 is 5.97 Å². The van der Waals surface area contributed by atoms with Crippen LogP contribution in [0.1, 0.15) is 24.8 Å². The van der Waals surface area contributed by atoms with E-state index in [-0.39, 0.29) is 35.4 Å². The number of carbonyl (C=O) groups is 2. The van der Waals surface area contributed by atoms with Gasteiger partial charge in [-0.25, -0.2) is 4.98 Å². The number of para-hydroxylation sites is 1. The summed E-state index contributed by atoms with van der Waals surface area (Å²) < 4.78 is 0. The van der Waals surface area contributed by atoms with Crippen molar-refractivity contribution in [3.05, 3.63) is 60.2 Å². The number of phenols is 1. The zero-order valence-electron chi connectivity index (χ0n) is 19.6. The van der Waals surface area contributed by atoms with E-state index < -0.39 is 5.97 Å². The normalized spacial score (nSPS) is 15.7. The van der Waals surface area contributed by atoms with Crippen LogP contribution < -0.4 is 11.1 Å². The molecule has 9 nitrogen and oxygen atoms in total. The molecule has 1 atom stereocenters.